The number of furan rings is 1. The first kappa shape index (κ1) is 33.5. The minimum Gasteiger partial charge on any atom is -0.436 e. The van der Waals surface area contributed by atoms with Gasteiger partial charge in [0.25, 0.3) is 0 Å². The molecule has 0 aliphatic rings. The SMILES string of the molecule is Cc1ccc(-c2cccc(-c3ccc4c(c3)oc3nc5ccccc5nc34)c2)c(C)c1B(c1ccc(-c2ccccc2)cc1)c1ccc(-c2ccccc2)cc1. The third-order valence-electron chi connectivity index (χ3n) is 11.2. The van der Waals surface area contributed by atoms with Gasteiger partial charge in [-0.25, -0.2) is 9.97 Å². The zero-order chi connectivity index (χ0) is 37.6. The molecule has 0 aliphatic heterocycles. The van der Waals surface area contributed by atoms with E-state index >= 15 is 0 Å². The van der Waals surface area contributed by atoms with Crippen LogP contribution in [0.4, 0.5) is 0 Å². The summed E-state index contributed by atoms with van der Waals surface area (Å²) in [6.45, 7) is 4.59. The van der Waals surface area contributed by atoms with Crippen molar-refractivity contribution in [3.8, 4) is 44.5 Å². The van der Waals surface area contributed by atoms with Gasteiger partial charge in [-0.05, 0) is 94.3 Å². The first-order valence-corrected chi connectivity index (χ1v) is 19.2. The molecular weight excluding hydrogens is 679 g/mol. The topological polar surface area (TPSA) is 38.9 Å². The Balaban J connectivity index is 1.06. The molecule has 2 heterocycles. The Kier molecular flexibility index (Phi) is 8.38. The molecule has 4 heteroatoms. The van der Waals surface area contributed by atoms with E-state index in [1.807, 2.05) is 24.3 Å². The van der Waals surface area contributed by atoms with Crippen LogP contribution in [0.25, 0.3) is 77.7 Å². The van der Waals surface area contributed by atoms with Gasteiger partial charge in [0.1, 0.15) is 11.1 Å². The van der Waals surface area contributed by atoms with Crippen LogP contribution in [0.1, 0.15) is 11.1 Å². The maximum Gasteiger partial charge on any atom is 0.246 e. The summed E-state index contributed by atoms with van der Waals surface area (Å²) in [5, 5.41) is 0.969. The largest absolute Gasteiger partial charge is 0.436 e. The maximum atomic E-state index is 6.29. The van der Waals surface area contributed by atoms with Gasteiger partial charge in [0.2, 0.25) is 12.4 Å². The molecule has 10 rings (SSSR count). The normalized spacial score (nSPS) is 11.4. The Labute approximate surface area is 327 Å². The molecule has 0 unspecified atom stereocenters. The highest BCUT2D eigenvalue weighted by Crippen LogP contribution is 2.34. The third kappa shape index (κ3) is 6.06. The molecule has 10 aromatic rings. The predicted molar refractivity (Wildman–Crippen MR) is 236 cm³/mol. The van der Waals surface area contributed by atoms with E-state index in [2.05, 4.69) is 178 Å². The number of para-hydroxylation sites is 2. The van der Waals surface area contributed by atoms with Crippen molar-refractivity contribution < 1.29 is 4.42 Å². The summed E-state index contributed by atoms with van der Waals surface area (Å²) in [6.07, 6.45) is 0. The number of benzene rings is 8. The summed E-state index contributed by atoms with van der Waals surface area (Å²) in [4.78, 5) is 9.65. The van der Waals surface area contributed by atoms with Gasteiger partial charge in [0.15, 0.2) is 0 Å². The van der Waals surface area contributed by atoms with Crippen molar-refractivity contribution in [2.75, 3.05) is 0 Å². The summed E-state index contributed by atoms with van der Waals surface area (Å²) in [5.41, 5.74) is 19.8. The molecule has 8 aromatic carbocycles. The summed E-state index contributed by atoms with van der Waals surface area (Å²) < 4.78 is 6.29. The van der Waals surface area contributed by atoms with Crippen molar-refractivity contribution in [3.63, 3.8) is 0 Å². The van der Waals surface area contributed by atoms with E-state index in [9.17, 15) is 0 Å². The van der Waals surface area contributed by atoms with E-state index in [-0.39, 0.29) is 6.71 Å². The van der Waals surface area contributed by atoms with Gasteiger partial charge in [-0.15, -0.1) is 0 Å². The van der Waals surface area contributed by atoms with Crippen molar-refractivity contribution in [2.24, 2.45) is 0 Å². The molecule has 0 aliphatic carbocycles. The second kappa shape index (κ2) is 14.0. The summed E-state index contributed by atoms with van der Waals surface area (Å²) in [6, 6.07) is 67.3. The lowest BCUT2D eigenvalue weighted by Gasteiger charge is -2.23. The van der Waals surface area contributed by atoms with Gasteiger partial charge in [0.05, 0.1) is 11.0 Å². The Bertz CT molecular complexity index is 2940. The molecule has 2 aromatic heterocycles. The van der Waals surface area contributed by atoms with Crippen molar-refractivity contribution in [1.82, 2.24) is 9.97 Å². The molecule has 0 fully saturated rings. The van der Waals surface area contributed by atoms with Crippen molar-refractivity contribution in [2.45, 2.75) is 13.8 Å². The zero-order valence-corrected chi connectivity index (χ0v) is 31.3. The smallest absolute Gasteiger partial charge is 0.246 e. The summed E-state index contributed by atoms with van der Waals surface area (Å²) in [7, 11) is 0. The fourth-order valence-electron chi connectivity index (χ4n) is 8.33. The van der Waals surface area contributed by atoms with Gasteiger partial charge in [-0.1, -0.05) is 180 Å². The number of aromatic nitrogens is 2. The predicted octanol–water partition coefficient (Wildman–Crippen LogP) is 11.3. The molecule has 0 N–H and O–H groups in total. The minimum atomic E-state index is 0.0436. The van der Waals surface area contributed by atoms with Crippen LogP contribution in [0.3, 0.4) is 0 Å². The zero-order valence-electron chi connectivity index (χ0n) is 31.3. The Morgan fingerprint density at radius 1 is 0.429 bits per heavy atom. The van der Waals surface area contributed by atoms with Crippen LogP contribution in [-0.2, 0) is 0 Å². The molecule has 0 saturated heterocycles. The number of nitrogens with zero attached hydrogens (tertiary/aromatic N) is 2. The van der Waals surface area contributed by atoms with Gasteiger partial charge in [0, 0.05) is 5.39 Å². The fraction of sp³-hybridized carbons (Fsp3) is 0.0385. The average molecular weight is 717 g/mol. The Morgan fingerprint density at radius 2 is 0.946 bits per heavy atom. The van der Waals surface area contributed by atoms with E-state index in [0.29, 0.717) is 5.71 Å². The third-order valence-corrected chi connectivity index (χ3v) is 11.2. The van der Waals surface area contributed by atoms with Crippen molar-refractivity contribution in [1.29, 1.82) is 0 Å². The highest BCUT2D eigenvalue weighted by atomic mass is 16.3. The molecule has 264 valence electrons. The van der Waals surface area contributed by atoms with Crippen molar-refractivity contribution in [3.05, 3.63) is 199 Å². The molecule has 3 nitrogen and oxygen atoms in total. The maximum absolute atomic E-state index is 6.29. The van der Waals surface area contributed by atoms with Crippen molar-refractivity contribution >= 4 is 56.3 Å². The van der Waals surface area contributed by atoms with Crippen LogP contribution in [0.2, 0.25) is 0 Å². The number of fused-ring (bicyclic) bond motifs is 4. The monoisotopic (exact) mass is 716 g/mol. The number of hydrogen-bond acceptors (Lipinski definition) is 3. The van der Waals surface area contributed by atoms with Crippen LogP contribution in [0, 0.1) is 13.8 Å². The molecule has 0 bridgehead atoms. The summed E-state index contributed by atoms with van der Waals surface area (Å²) in [5.74, 6) is 0. The minimum absolute atomic E-state index is 0.0436. The summed E-state index contributed by atoms with van der Waals surface area (Å²) >= 11 is 0. The molecule has 0 amide bonds. The highest BCUT2D eigenvalue weighted by Gasteiger charge is 2.27. The van der Waals surface area contributed by atoms with Gasteiger partial charge >= 0.3 is 0 Å². The highest BCUT2D eigenvalue weighted by molar-refractivity contribution is 6.96. The molecule has 56 heavy (non-hydrogen) atoms. The van der Waals surface area contributed by atoms with Gasteiger partial charge < -0.3 is 4.42 Å². The molecule has 0 spiro atoms. The Hall–Kier alpha value is -7.04. The van der Waals surface area contributed by atoms with E-state index in [4.69, 9.17) is 14.4 Å². The quantitative estimate of drug-likeness (QED) is 0.154. The van der Waals surface area contributed by atoms with Crippen LogP contribution < -0.4 is 16.4 Å². The van der Waals surface area contributed by atoms with Crippen LogP contribution >= 0.6 is 0 Å². The lowest BCUT2D eigenvalue weighted by molar-refractivity contribution is 0.655. The standard InChI is InChI=1S/C52H37BN2O/c1-34-20-30-45(42-17-11-16-40(32-42)41-25-31-46-49(33-41)56-52-51(46)54-47-18-9-10-19-48(47)55-52)35(2)50(34)53(43-26-21-38(22-27-43)36-12-5-3-6-13-36)44-28-23-39(24-29-44)37-14-7-4-8-15-37/h3-33H,1-2H3. The molecule has 0 atom stereocenters. The lowest BCUT2D eigenvalue weighted by Crippen LogP contribution is -2.54. The number of aryl methyl sites for hydroxylation is 1. The van der Waals surface area contributed by atoms with E-state index in [1.54, 1.807) is 0 Å². The van der Waals surface area contributed by atoms with Gasteiger partial charge in [-0.2, -0.15) is 0 Å². The first-order chi connectivity index (χ1) is 27.6. The van der Waals surface area contributed by atoms with E-state index < -0.39 is 0 Å². The van der Waals surface area contributed by atoms with Gasteiger partial charge in [-0.3, -0.25) is 0 Å². The van der Waals surface area contributed by atoms with Crippen LogP contribution in [0.5, 0.6) is 0 Å². The molecule has 0 saturated carbocycles. The lowest BCUT2D eigenvalue weighted by atomic mass is 9.35. The number of hydrogen-bond donors (Lipinski definition) is 0. The Morgan fingerprint density at radius 3 is 1.59 bits per heavy atom. The fourth-order valence-corrected chi connectivity index (χ4v) is 8.33. The second-order valence-corrected chi connectivity index (χ2v) is 14.6. The van der Waals surface area contributed by atoms with E-state index in [1.165, 1.54) is 60.9 Å². The van der Waals surface area contributed by atoms with E-state index in [0.717, 1.165) is 38.6 Å². The molecule has 0 radical (unpaired) electrons. The second-order valence-electron chi connectivity index (χ2n) is 14.6. The average Bonchev–Trinajstić information content (AvgIpc) is 3.61. The molecular formula is C52H37BN2O. The first-order valence-electron chi connectivity index (χ1n) is 19.2. The van der Waals surface area contributed by atoms with Crippen LogP contribution in [0.15, 0.2) is 192 Å². The van der Waals surface area contributed by atoms with Crippen LogP contribution in [-0.4, -0.2) is 16.7 Å². The number of rotatable bonds is 7.